The molecule has 1 saturated heterocycles. The molecule has 2 rings (SSSR count). The molecule has 0 N–H and O–H groups in total. The molecular formula is C10H12BrClO2S2. The summed E-state index contributed by atoms with van der Waals surface area (Å²) in [5.74, 6) is 0.575. The van der Waals surface area contributed by atoms with E-state index < -0.39 is 9.84 Å². The van der Waals surface area contributed by atoms with E-state index in [0.29, 0.717) is 6.42 Å². The van der Waals surface area contributed by atoms with Gasteiger partial charge in [0.2, 0.25) is 0 Å². The first kappa shape index (κ1) is 12.9. The predicted molar refractivity (Wildman–Crippen MR) is 72.1 cm³/mol. The van der Waals surface area contributed by atoms with Crippen LogP contribution < -0.4 is 0 Å². The third-order valence-corrected chi connectivity index (χ3v) is 6.86. The number of halogens is 2. The zero-order valence-electron chi connectivity index (χ0n) is 8.74. The van der Waals surface area contributed by atoms with E-state index in [1.807, 2.05) is 13.0 Å². The average molecular weight is 344 g/mol. The van der Waals surface area contributed by atoms with E-state index in [4.69, 9.17) is 11.6 Å². The van der Waals surface area contributed by atoms with Crippen molar-refractivity contribution in [3.05, 3.63) is 20.3 Å². The minimum Gasteiger partial charge on any atom is -0.229 e. The van der Waals surface area contributed by atoms with Gasteiger partial charge in [0, 0.05) is 4.88 Å². The molecular weight excluding hydrogens is 332 g/mol. The molecule has 1 fully saturated rings. The van der Waals surface area contributed by atoms with Crippen molar-refractivity contribution >= 4 is 48.7 Å². The van der Waals surface area contributed by atoms with E-state index in [-0.39, 0.29) is 22.8 Å². The number of aryl methyl sites for hydroxylation is 1. The van der Waals surface area contributed by atoms with E-state index in [2.05, 4.69) is 15.9 Å². The molecule has 0 bridgehead atoms. The minimum absolute atomic E-state index is 0.0619. The third kappa shape index (κ3) is 2.63. The zero-order chi connectivity index (χ0) is 11.9. The molecule has 0 saturated carbocycles. The molecule has 90 valence electrons. The highest BCUT2D eigenvalue weighted by Crippen LogP contribution is 2.41. The van der Waals surface area contributed by atoms with Gasteiger partial charge in [-0.05, 0) is 46.8 Å². The molecule has 1 aliphatic rings. The van der Waals surface area contributed by atoms with Gasteiger partial charge in [0.25, 0.3) is 0 Å². The van der Waals surface area contributed by atoms with Crippen LogP contribution in [-0.4, -0.2) is 19.9 Å². The van der Waals surface area contributed by atoms with Crippen LogP contribution in [-0.2, 0) is 9.84 Å². The Hall–Kier alpha value is 0.420. The topological polar surface area (TPSA) is 34.1 Å². The average Bonchev–Trinajstić information content (AvgIpc) is 2.68. The summed E-state index contributed by atoms with van der Waals surface area (Å²) in [6, 6.07) is 2.00. The Labute approximate surface area is 113 Å². The SMILES string of the molecule is Cc1sc(Br)cc1C(Cl)C1CCS(=O)(=O)C1. The van der Waals surface area contributed by atoms with E-state index in [1.54, 1.807) is 11.3 Å². The maximum absolute atomic E-state index is 11.4. The maximum atomic E-state index is 11.4. The summed E-state index contributed by atoms with van der Waals surface area (Å²) < 4.78 is 23.9. The molecule has 1 aliphatic heterocycles. The lowest BCUT2D eigenvalue weighted by Crippen LogP contribution is -2.10. The molecule has 0 aromatic carbocycles. The van der Waals surface area contributed by atoms with Gasteiger partial charge in [-0.15, -0.1) is 22.9 Å². The first-order valence-electron chi connectivity index (χ1n) is 4.99. The molecule has 1 aromatic heterocycles. The summed E-state index contributed by atoms with van der Waals surface area (Å²) in [6.07, 6.45) is 0.684. The normalized spacial score (nSPS) is 25.8. The molecule has 16 heavy (non-hydrogen) atoms. The van der Waals surface area contributed by atoms with Crippen LogP contribution in [0.2, 0.25) is 0 Å². The van der Waals surface area contributed by atoms with Crippen molar-refractivity contribution in [3.63, 3.8) is 0 Å². The molecule has 0 radical (unpaired) electrons. The first-order chi connectivity index (χ1) is 7.39. The molecule has 2 heterocycles. The Balaban J connectivity index is 2.20. The number of hydrogen-bond donors (Lipinski definition) is 0. The third-order valence-electron chi connectivity index (χ3n) is 2.90. The van der Waals surface area contributed by atoms with Gasteiger partial charge in [0.05, 0.1) is 20.7 Å². The van der Waals surface area contributed by atoms with Crippen molar-refractivity contribution in [1.29, 1.82) is 0 Å². The van der Waals surface area contributed by atoms with Crippen molar-refractivity contribution in [1.82, 2.24) is 0 Å². The Morgan fingerprint density at radius 2 is 2.31 bits per heavy atom. The number of alkyl halides is 1. The second kappa shape index (κ2) is 4.59. The second-order valence-electron chi connectivity index (χ2n) is 4.13. The summed E-state index contributed by atoms with van der Waals surface area (Å²) in [4.78, 5) is 1.16. The van der Waals surface area contributed by atoms with Gasteiger partial charge in [0.15, 0.2) is 9.84 Å². The van der Waals surface area contributed by atoms with Gasteiger partial charge in [-0.2, -0.15) is 0 Å². The lowest BCUT2D eigenvalue weighted by molar-refractivity contribution is 0.568. The summed E-state index contributed by atoms with van der Waals surface area (Å²) in [6.45, 7) is 2.02. The standard InChI is InChI=1S/C10H12BrClO2S2/c1-6-8(4-9(11)15-6)10(12)7-2-3-16(13,14)5-7/h4,7,10H,2-3,5H2,1H3. The Kier molecular flexibility index (Phi) is 3.69. The van der Waals surface area contributed by atoms with Gasteiger partial charge >= 0.3 is 0 Å². The van der Waals surface area contributed by atoms with Crippen LogP contribution in [0.4, 0.5) is 0 Å². The van der Waals surface area contributed by atoms with Crippen LogP contribution in [0, 0.1) is 12.8 Å². The molecule has 2 unspecified atom stereocenters. The molecule has 1 aromatic rings. The smallest absolute Gasteiger partial charge is 0.150 e. The highest BCUT2D eigenvalue weighted by Gasteiger charge is 2.34. The fourth-order valence-corrected chi connectivity index (χ4v) is 6.25. The van der Waals surface area contributed by atoms with Gasteiger partial charge in [-0.25, -0.2) is 8.42 Å². The Morgan fingerprint density at radius 3 is 2.75 bits per heavy atom. The van der Waals surface area contributed by atoms with E-state index >= 15 is 0 Å². The molecule has 0 spiro atoms. The predicted octanol–water partition coefficient (Wildman–Crippen LogP) is 3.53. The largest absolute Gasteiger partial charge is 0.229 e. The van der Waals surface area contributed by atoms with E-state index in [9.17, 15) is 8.42 Å². The highest BCUT2D eigenvalue weighted by atomic mass is 79.9. The van der Waals surface area contributed by atoms with Gasteiger partial charge in [0.1, 0.15) is 0 Å². The molecule has 2 nitrogen and oxygen atoms in total. The van der Waals surface area contributed by atoms with Crippen molar-refractivity contribution in [2.75, 3.05) is 11.5 Å². The van der Waals surface area contributed by atoms with E-state index in [0.717, 1.165) is 14.2 Å². The number of sulfone groups is 1. The first-order valence-corrected chi connectivity index (χ1v) is 8.86. The van der Waals surface area contributed by atoms with Crippen LogP contribution in [0.3, 0.4) is 0 Å². The van der Waals surface area contributed by atoms with E-state index in [1.165, 1.54) is 0 Å². The Bertz CT molecular complexity index is 495. The second-order valence-corrected chi connectivity index (χ2v) is 9.46. The molecule has 0 aliphatic carbocycles. The van der Waals surface area contributed by atoms with Gasteiger partial charge in [-0.3, -0.25) is 0 Å². The summed E-state index contributed by atoms with van der Waals surface area (Å²) in [5, 5.41) is -0.181. The maximum Gasteiger partial charge on any atom is 0.150 e. The van der Waals surface area contributed by atoms with Crippen LogP contribution >= 0.6 is 38.9 Å². The summed E-state index contributed by atoms with van der Waals surface area (Å²) in [7, 11) is -2.85. The van der Waals surface area contributed by atoms with Crippen LogP contribution in [0.1, 0.15) is 22.2 Å². The van der Waals surface area contributed by atoms with Crippen LogP contribution in [0.15, 0.2) is 9.85 Å². The monoisotopic (exact) mass is 342 g/mol. The highest BCUT2D eigenvalue weighted by molar-refractivity contribution is 9.11. The van der Waals surface area contributed by atoms with Gasteiger partial charge in [-0.1, -0.05) is 0 Å². The Morgan fingerprint density at radius 1 is 1.62 bits per heavy atom. The fourth-order valence-electron chi connectivity index (χ4n) is 2.04. The lowest BCUT2D eigenvalue weighted by atomic mass is 9.99. The molecule has 0 amide bonds. The number of rotatable bonds is 2. The summed E-state index contributed by atoms with van der Waals surface area (Å²) >= 11 is 11.4. The van der Waals surface area contributed by atoms with Gasteiger partial charge < -0.3 is 0 Å². The number of hydrogen-bond acceptors (Lipinski definition) is 3. The minimum atomic E-state index is -2.85. The molecule has 2 atom stereocenters. The molecule has 6 heteroatoms. The lowest BCUT2D eigenvalue weighted by Gasteiger charge is -2.15. The fraction of sp³-hybridized carbons (Fsp3) is 0.600. The van der Waals surface area contributed by atoms with Crippen LogP contribution in [0.25, 0.3) is 0 Å². The van der Waals surface area contributed by atoms with Crippen LogP contribution in [0.5, 0.6) is 0 Å². The zero-order valence-corrected chi connectivity index (χ0v) is 12.7. The van der Waals surface area contributed by atoms with Crippen molar-refractivity contribution in [2.24, 2.45) is 5.92 Å². The van der Waals surface area contributed by atoms with Crippen molar-refractivity contribution in [2.45, 2.75) is 18.7 Å². The summed E-state index contributed by atoms with van der Waals surface area (Å²) in [5.41, 5.74) is 1.07. The quantitative estimate of drug-likeness (QED) is 0.770. The number of thiophene rings is 1. The van der Waals surface area contributed by atoms with Crippen molar-refractivity contribution in [3.8, 4) is 0 Å². The van der Waals surface area contributed by atoms with Crippen molar-refractivity contribution < 1.29 is 8.42 Å².